The minimum Gasteiger partial charge on any atom is -0.508 e. The third-order valence-electron chi connectivity index (χ3n) is 3.38. The Balaban J connectivity index is 2.06. The Morgan fingerprint density at radius 1 is 1.00 bits per heavy atom. The van der Waals surface area contributed by atoms with E-state index in [0.717, 1.165) is 12.8 Å². The van der Waals surface area contributed by atoms with Gasteiger partial charge in [-0.2, -0.15) is 0 Å². The highest BCUT2D eigenvalue weighted by Crippen LogP contribution is 2.31. The summed E-state index contributed by atoms with van der Waals surface area (Å²) in [6.07, 6.45) is 5.94. The molecule has 1 fully saturated rings. The van der Waals surface area contributed by atoms with Crippen LogP contribution in [0.2, 0.25) is 0 Å². The summed E-state index contributed by atoms with van der Waals surface area (Å²) in [5.41, 5.74) is 7.31. The summed E-state index contributed by atoms with van der Waals surface area (Å²) < 4.78 is 0. The highest BCUT2D eigenvalue weighted by molar-refractivity contribution is 5.28. The van der Waals surface area contributed by atoms with E-state index < -0.39 is 0 Å². The number of rotatable bonds is 1. The minimum absolute atomic E-state index is 0.351. The predicted molar refractivity (Wildman–Crippen MR) is 61.9 cm³/mol. The van der Waals surface area contributed by atoms with E-state index in [-0.39, 0.29) is 0 Å². The van der Waals surface area contributed by atoms with E-state index in [9.17, 15) is 5.11 Å². The molecule has 0 radical (unpaired) electrons. The molecule has 1 aliphatic rings. The van der Waals surface area contributed by atoms with Gasteiger partial charge in [-0.15, -0.1) is 0 Å². The van der Waals surface area contributed by atoms with E-state index in [2.05, 4.69) is 0 Å². The van der Waals surface area contributed by atoms with Crippen molar-refractivity contribution in [1.29, 1.82) is 0 Å². The first kappa shape index (κ1) is 10.5. The van der Waals surface area contributed by atoms with Gasteiger partial charge in [-0.25, -0.2) is 0 Å². The van der Waals surface area contributed by atoms with Gasteiger partial charge in [0, 0.05) is 6.04 Å². The van der Waals surface area contributed by atoms with Crippen molar-refractivity contribution < 1.29 is 5.11 Å². The van der Waals surface area contributed by atoms with Crippen molar-refractivity contribution in [2.24, 2.45) is 5.73 Å². The molecule has 1 aromatic rings. The Bertz CT molecular complexity index is 307. The van der Waals surface area contributed by atoms with Crippen molar-refractivity contribution in [2.45, 2.75) is 44.1 Å². The van der Waals surface area contributed by atoms with E-state index in [1.165, 1.54) is 24.8 Å². The fraction of sp³-hybridized carbons (Fsp3) is 0.538. The van der Waals surface area contributed by atoms with Crippen LogP contribution in [-0.2, 0) is 0 Å². The lowest BCUT2D eigenvalue weighted by Gasteiger charge is -2.14. The molecule has 0 bridgehead atoms. The van der Waals surface area contributed by atoms with Crippen LogP contribution in [0, 0.1) is 0 Å². The Morgan fingerprint density at radius 2 is 1.73 bits per heavy atom. The van der Waals surface area contributed by atoms with Gasteiger partial charge in [0.05, 0.1) is 0 Å². The molecule has 82 valence electrons. The standard InChI is InChI=1S/C13H19NO/c14-12-3-1-2-10(4-7-12)11-5-8-13(15)9-6-11/h5-6,8-10,12,15H,1-4,7,14H2/t10-,12-/m1/s1. The lowest BCUT2D eigenvalue weighted by Crippen LogP contribution is -2.17. The molecule has 3 N–H and O–H groups in total. The molecule has 2 heteroatoms. The summed E-state index contributed by atoms with van der Waals surface area (Å²) >= 11 is 0. The lowest BCUT2D eigenvalue weighted by atomic mass is 9.92. The van der Waals surface area contributed by atoms with E-state index >= 15 is 0 Å². The van der Waals surface area contributed by atoms with Gasteiger partial charge < -0.3 is 10.8 Å². The molecule has 1 saturated carbocycles. The molecular formula is C13H19NO. The summed E-state index contributed by atoms with van der Waals surface area (Å²) in [5.74, 6) is 0.989. The Hall–Kier alpha value is -1.02. The molecule has 0 spiro atoms. The summed E-state index contributed by atoms with van der Waals surface area (Å²) in [5, 5.41) is 9.23. The van der Waals surface area contributed by atoms with Crippen LogP contribution in [0.3, 0.4) is 0 Å². The van der Waals surface area contributed by atoms with Gasteiger partial charge in [0.25, 0.3) is 0 Å². The van der Waals surface area contributed by atoms with Crippen LogP contribution in [0.1, 0.15) is 43.6 Å². The van der Waals surface area contributed by atoms with Crippen molar-refractivity contribution in [1.82, 2.24) is 0 Å². The molecular weight excluding hydrogens is 186 g/mol. The lowest BCUT2D eigenvalue weighted by molar-refractivity contribution is 0.474. The van der Waals surface area contributed by atoms with Gasteiger partial charge in [0.15, 0.2) is 0 Å². The van der Waals surface area contributed by atoms with Gasteiger partial charge >= 0.3 is 0 Å². The zero-order chi connectivity index (χ0) is 10.7. The molecule has 15 heavy (non-hydrogen) atoms. The molecule has 1 aliphatic carbocycles. The molecule has 0 saturated heterocycles. The van der Waals surface area contributed by atoms with E-state index in [4.69, 9.17) is 5.73 Å². The van der Waals surface area contributed by atoms with Crippen LogP contribution < -0.4 is 5.73 Å². The van der Waals surface area contributed by atoms with Crippen molar-refractivity contribution in [3.63, 3.8) is 0 Å². The van der Waals surface area contributed by atoms with Crippen LogP contribution in [0.25, 0.3) is 0 Å². The Labute approximate surface area is 91.1 Å². The molecule has 2 rings (SSSR count). The van der Waals surface area contributed by atoms with E-state index in [0.29, 0.717) is 17.7 Å². The smallest absolute Gasteiger partial charge is 0.115 e. The number of benzene rings is 1. The monoisotopic (exact) mass is 205 g/mol. The summed E-state index contributed by atoms with van der Waals surface area (Å²) in [6, 6.07) is 8.03. The van der Waals surface area contributed by atoms with Crippen molar-refractivity contribution >= 4 is 0 Å². The number of hydrogen-bond acceptors (Lipinski definition) is 2. The van der Waals surface area contributed by atoms with Gasteiger partial charge in [-0.05, 0) is 49.3 Å². The molecule has 2 nitrogen and oxygen atoms in total. The minimum atomic E-state index is 0.351. The molecule has 1 aromatic carbocycles. The zero-order valence-corrected chi connectivity index (χ0v) is 9.02. The third kappa shape index (κ3) is 2.72. The second-order valence-corrected chi connectivity index (χ2v) is 4.56. The second kappa shape index (κ2) is 4.67. The number of hydrogen-bond donors (Lipinski definition) is 2. The molecule has 0 amide bonds. The fourth-order valence-electron chi connectivity index (χ4n) is 2.41. The number of phenols is 1. The Morgan fingerprint density at radius 3 is 2.47 bits per heavy atom. The maximum absolute atomic E-state index is 9.23. The quantitative estimate of drug-likeness (QED) is 0.692. The predicted octanol–water partition coefficient (Wildman–Crippen LogP) is 2.77. The number of aromatic hydroxyl groups is 1. The molecule has 0 unspecified atom stereocenters. The molecule has 2 atom stereocenters. The van der Waals surface area contributed by atoms with Gasteiger partial charge in [-0.3, -0.25) is 0 Å². The van der Waals surface area contributed by atoms with Crippen LogP contribution in [0.5, 0.6) is 5.75 Å². The molecule has 0 aliphatic heterocycles. The first-order chi connectivity index (χ1) is 7.25. The maximum atomic E-state index is 9.23. The number of phenolic OH excluding ortho intramolecular Hbond substituents is 1. The second-order valence-electron chi connectivity index (χ2n) is 4.56. The third-order valence-corrected chi connectivity index (χ3v) is 3.38. The molecule has 0 aromatic heterocycles. The summed E-state index contributed by atoms with van der Waals surface area (Å²) in [7, 11) is 0. The first-order valence-corrected chi connectivity index (χ1v) is 5.80. The van der Waals surface area contributed by atoms with E-state index in [1.807, 2.05) is 12.1 Å². The summed E-state index contributed by atoms with van der Waals surface area (Å²) in [4.78, 5) is 0. The van der Waals surface area contributed by atoms with Crippen LogP contribution >= 0.6 is 0 Å². The average molecular weight is 205 g/mol. The molecule has 0 heterocycles. The van der Waals surface area contributed by atoms with Crippen LogP contribution in [-0.4, -0.2) is 11.1 Å². The van der Waals surface area contributed by atoms with Gasteiger partial charge in [0.2, 0.25) is 0 Å². The topological polar surface area (TPSA) is 46.2 Å². The normalized spacial score (nSPS) is 27.3. The van der Waals surface area contributed by atoms with Crippen LogP contribution in [0.4, 0.5) is 0 Å². The van der Waals surface area contributed by atoms with Crippen LogP contribution in [0.15, 0.2) is 24.3 Å². The van der Waals surface area contributed by atoms with Gasteiger partial charge in [-0.1, -0.05) is 18.6 Å². The first-order valence-electron chi connectivity index (χ1n) is 5.80. The van der Waals surface area contributed by atoms with Crippen molar-refractivity contribution in [3.8, 4) is 5.75 Å². The van der Waals surface area contributed by atoms with Gasteiger partial charge in [0.1, 0.15) is 5.75 Å². The highest BCUT2D eigenvalue weighted by atomic mass is 16.3. The highest BCUT2D eigenvalue weighted by Gasteiger charge is 2.17. The SMILES string of the molecule is N[C@@H]1CCC[C@@H](c2ccc(O)cc2)CC1. The number of nitrogens with two attached hydrogens (primary N) is 1. The maximum Gasteiger partial charge on any atom is 0.115 e. The van der Waals surface area contributed by atoms with E-state index in [1.54, 1.807) is 12.1 Å². The largest absolute Gasteiger partial charge is 0.508 e. The Kier molecular flexibility index (Phi) is 3.27. The average Bonchev–Trinajstić information content (AvgIpc) is 2.44. The summed E-state index contributed by atoms with van der Waals surface area (Å²) in [6.45, 7) is 0. The fourth-order valence-corrected chi connectivity index (χ4v) is 2.41. The van der Waals surface area contributed by atoms with Crippen molar-refractivity contribution in [2.75, 3.05) is 0 Å². The zero-order valence-electron chi connectivity index (χ0n) is 9.02. The van der Waals surface area contributed by atoms with Crippen molar-refractivity contribution in [3.05, 3.63) is 29.8 Å².